The van der Waals surface area contributed by atoms with Crippen molar-refractivity contribution in [2.24, 2.45) is 5.16 Å². The molecule has 2 aromatic carbocycles. The van der Waals surface area contributed by atoms with Crippen LogP contribution in [0.1, 0.15) is 35.2 Å². The van der Waals surface area contributed by atoms with Crippen molar-refractivity contribution in [1.82, 2.24) is 0 Å². The molecule has 0 heterocycles. The first-order valence-corrected chi connectivity index (χ1v) is 7.76. The van der Waals surface area contributed by atoms with Gasteiger partial charge in [0, 0.05) is 6.21 Å². The molecule has 0 unspecified atom stereocenters. The van der Waals surface area contributed by atoms with Crippen molar-refractivity contribution in [1.29, 1.82) is 0 Å². The van der Waals surface area contributed by atoms with E-state index in [1.165, 1.54) is 0 Å². The van der Waals surface area contributed by atoms with Crippen molar-refractivity contribution in [3.05, 3.63) is 71.8 Å². The van der Waals surface area contributed by atoms with E-state index in [1.54, 1.807) is 18.3 Å². The van der Waals surface area contributed by atoms with Crippen LogP contribution in [0, 0.1) is 0 Å². The Morgan fingerprint density at radius 3 is 2.39 bits per heavy atom. The molecule has 0 bridgehead atoms. The molecule has 0 aliphatic rings. The minimum Gasteiger partial charge on any atom is -0.462 e. The predicted molar refractivity (Wildman–Crippen MR) is 90.3 cm³/mol. The van der Waals surface area contributed by atoms with Crippen LogP contribution in [-0.2, 0) is 16.2 Å². The molecule has 0 fully saturated rings. The zero-order valence-electron chi connectivity index (χ0n) is 13.1. The standard InChI is InChI=1S/C19H21NO3/c21-19(18-12-6-2-7-13-18)22-15-9-3-8-14-20-23-16-17-10-4-1-5-11-17/h1-2,4-7,10-14H,3,8-9,15-16H2/b20-14+. The minimum atomic E-state index is -0.273. The summed E-state index contributed by atoms with van der Waals surface area (Å²) >= 11 is 0. The van der Waals surface area contributed by atoms with Crippen molar-refractivity contribution in [2.45, 2.75) is 25.9 Å². The number of rotatable bonds is 9. The van der Waals surface area contributed by atoms with Crippen LogP contribution in [0.25, 0.3) is 0 Å². The Balaban J connectivity index is 1.49. The van der Waals surface area contributed by atoms with E-state index in [0.29, 0.717) is 18.8 Å². The molecule has 4 nitrogen and oxygen atoms in total. The number of unbranched alkanes of at least 4 members (excludes halogenated alkanes) is 2. The fourth-order valence-electron chi connectivity index (χ4n) is 1.95. The van der Waals surface area contributed by atoms with E-state index in [9.17, 15) is 4.79 Å². The number of oxime groups is 1. The molecule has 0 saturated heterocycles. The largest absolute Gasteiger partial charge is 0.462 e. The summed E-state index contributed by atoms with van der Waals surface area (Å²) in [4.78, 5) is 16.9. The van der Waals surface area contributed by atoms with E-state index in [1.807, 2.05) is 48.5 Å². The van der Waals surface area contributed by atoms with Gasteiger partial charge in [0.2, 0.25) is 0 Å². The third-order valence-corrected chi connectivity index (χ3v) is 3.19. The van der Waals surface area contributed by atoms with Gasteiger partial charge in [-0.25, -0.2) is 4.79 Å². The predicted octanol–water partition coefficient (Wildman–Crippen LogP) is 4.22. The Morgan fingerprint density at radius 1 is 0.957 bits per heavy atom. The molecule has 0 amide bonds. The SMILES string of the molecule is O=C(OCCCC/C=N/OCc1ccccc1)c1ccccc1. The van der Waals surface area contributed by atoms with Crippen LogP contribution < -0.4 is 0 Å². The maximum Gasteiger partial charge on any atom is 0.338 e. The molecule has 0 saturated carbocycles. The average molecular weight is 311 g/mol. The lowest BCUT2D eigenvalue weighted by molar-refractivity contribution is 0.0499. The summed E-state index contributed by atoms with van der Waals surface area (Å²) in [6.07, 6.45) is 4.27. The van der Waals surface area contributed by atoms with Crippen molar-refractivity contribution in [3.63, 3.8) is 0 Å². The van der Waals surface area contributed by atoms with Gasteiger partial charge >= 0.3 is 5.97 Å². The smallest absolute Gasteiger partial charge is 0.338 e. The zero-order chi connectivity index (χ0) is 16.2. The van der Waals surface area contributed by atoms with Crippen molar-refractivity contribution >= 4 is 12.2 Å². The molecule has 0 aliphatic heterocycles. The molecule has 0 aliphatic carbocycles. The monoisotopic (exact) mass is 311 g/mol. The molecule has 2 rings (SSSR count). The van der Waals surface area contributed by atoms with Gasteiger partial charge in [-0.1, -0.05) is 53.7 Å². The van der Waals surface area contributed by atoms with Gasteiger partial charge in [0.1, 0.15) is 6.61 Å². The fourth-order valence-corrected chi connectivity index (χ4v) is 1.95. The van der Waals surface area contributed by atoms with Crippen LogP contribution >= 0.6 is 0 Å². The molecule has 0 aromatic heterocycles. The average Bonchev–Trinajstić information content (AvgIpc) is 2.61. The van der Waals surface area contributed by atoms with Crippen LogP contribution in [0.4, 0.5) is 0 Å². The third-order valence-electron chi connectivity index (χ3n) is 3.19. The van der Waals surface area contributed by atoms with Crippen molar-refractivity contribution in [3.8, 4) is 0 Å². The zero-order valence-corrected chi connectivity index (χ0v) is 13.1. The summed E-state index contributed by atoms with van der Waals surface area (Å²) in [5.74, 6) is -0.273. The number of esters is 1. The first-order valence-electron chi connectivity index (χ1n) is 7.76. The number of carbonyl (C=O) groups is 1. The Bertz CT molecular complexity index is 597. The first kappa shape index (κ1) is 16.7. The van der Waals surface area contributed by atoms with Gasteiger partial charge in [0.05, 0.1) is 12.2 Å². The van der Waals surface area contributed by atoms with Gasteiger partial charge in [-0.3, -0.25) is 0 Å². The second-order valence-electron chi connectivity index (χ2n) is 5.04. The summed E-state index contributed by atoms with van der Waals surface area (Å²) in [7, 11) is 0. The second-order valence-corrected chi connectivity index (χ2v) is 5.04. The summed E-state index contributed by atoms with van der Waals surface area (Å²) in [5, 5.41) is 3.91. The topological polar surface area (TPSA) is 47.9 Å². The van der Waals surface area contributed by atoms with Gasteiger partial charge < -0.3 is 9.57 Å². The fraction of sp³-hybridized carbons (Fsp3) is 0.263. The molecular formula is C19H21NO3. The Morgan fingerprint density at radius 2 is 1.65 bits per heavy atom. The third kappa shape index (κ3) is 6.78. The lowest BCUT2D eigenvalue weighted by Gasteiger charge is -2.03. The van der Waals surface area contributed by atoms with Gasteiger partial charge in [0.15, 0.2) is 0 Å². The molecule has 23 heavy (non-hydrogen) atoms. The lowest BCUT2D eigenvalue weighted by atomic mass is 10.2. The van der Waals surface area contributed by atoms with E-state index in [4.69, 9.17) is 9.57 Å². The number of benzene rings is 2. The van der Waals surface area contributed by atoms with E-state index < -0.39 is 0 Å². The van der Waals surface area contributed by atoms with Crippen molar-refractivity contribution < 1.29 is 14.4 Å². The van der Waals surface area contributed by atoms with Gasteiger partial charge in [-0.2, -0.15) is 0 Å². The second kappa shape index (κ2) is 10.2. The summed E-state index contributed by atoms with van der Waals surface area (Å²) < 4.78 is 5.20. The number of hydrogen-bond donors (Lipinski definition) is 0. The molecular weight excluding hydrogens is 290 g/mol. The minimum absolute atomic E-state index is 0.273. The highest BCUT2D eigenvalue weighted by Gasteiger charge is 2.04. The summed E-state index contributed by atoms with van der Waals surface area (Å²) in [6.45, 7) is 0.901. The highest BCUT2D eigenvalue weighted by molar-refractivity contribution is 5.89. The lowest BCUT2D eigenvalue weighted by Crippen LogP contribution is -2.06. The van der Waals surface area contributed by atoms with Gasteiger partial charge in [0.25, 0.3) is 0 Å². The molecule has 0 N–H and O–H groups in total. The first-order chi connectivity index (χ1) is 11.4. The van der Waals surface area contributed by atoms with Crippen LogP contribution in [0.2, 0.25) is 0 Å². The molecule has 0 spiro atoms. The number of carbonyl (C=O) groups excluding carboxylic acids is 1. The normalized spacial score (nSPS) is 10.6. The Hall–Kier alpha value is -2.62. The van der Waals surface area contributed by atoms with E-state index in [2.05, 4.69) is 5.16 Å². The number of ether oxygens (including phenoxy) is 1. The quantitative estimate of drug-likeness (QED) is 0.301. The van der Waals surface area contributed by atoms with Crippen LogP contribution in [0.5, 0.6) is 0 Å². The Labute approximate surface area is 136 Å². The van der Waals surface area contributed by atoms with Gasteiger partial charge in [-0.05, 0) is 37.0 Å². The number of nitrogens with zero attached hydrogens (tertiary/aromatic N) is 1. The van der Waals surface area contributed by atoms with E-state index in [0.717, 1.165) is 24.8 Å². The van der Waals surface area contributed by atoms with Crippen LogP contribution in [0.3, 0.4) is 0 Å². The molecule has 120 valence electrons. The van der Waals surface area contributed by atoms with Crippen LogP contribution in [-0.4, -0.2) is 18.8 Å². The molecule has 0 atom stereocenters. The molecule has 2 aromatic rings. The molecule has 0 radical (unpaired) electrons. The maximum atomic E-state index is 11.7. The van der Waals surface area contributed by atoms with E-state index >= 15 is 0 Å². The van der Waals surface area contributed by atoms with Crippen molar-refractivity contribution in [2.75, 3.05) is 6.61 Å². The number of hydrogen-bond acceptors (Lipinski definition) is 4. The summed E-state index contributed by atoms with van der Waals surface area (Å²) in [6, 6.07) is 18.9. The highest BCUT2D eigenvalue weighted by atomic mass is 16.6. The van der Waals surface area contributed by atoms with Gasteiger partial charge in [-0.15, -0.1) is 0 Å². The maximum absolute atomic E-state index is 11.7. The summed E-state index contributed by atoms with van der Waals surface area (Å²) in [5.41, 5.74) is 1.68. The molecule has 4 heteroatoms. The van der Waals surface area contributed by atoms with Crippen LogP contribution in [0.15, 0.2) is 65.8 Å². The van der Waals surface area contributed by atoms with E-state index in [-0.39, 0.29) is 5.97 Å². The highest BCUT2D eigenvalue weighted by Crippen LogP contribution is 2.03. The Kier molecular flexibility index (Phi) is 7.40.